The van der Waals surface area contributed by atoms with Crippen molar-refractivity contribution in [3.8, 4) is 0 Å². The molecule has 0 aromatic carbocycles. The lowest BCUT2D eigenvalue weighted by Crippen LogP contribution is -2.34. The normalized spacial score (nSPS) is 11.3. The van der Waals surface area contributed by atoms with Gasteiger partial charge in [-0.1, -0.05) is 0 Å². The van der Waals surface area contributed by atoms with Gasteiger partial charge in [0.15, 0.2) is 0 Å². The second-order valence-corrected chi connectivity index (χ2v) is 2.84. The van der Waals surface area contributed by atoms with E-state index in [0.29, 0.717) is 5.01 Å². The van der Waals surface area contributed by atoms with E-state index < -0.39 is 23.2 Å². The van der Waals surface area contributed by atoms with Crippen LogP contribution in [0.5, 0.6) is 0 Å². The lowest BCUT2D eigenvalue weighted by molar-refractivity contribution is -0.138. The Bertz CT molecular complexity index is 376. The number of alkyl halides is 3. The Hall–Kier alpha value is -1.63. The summed E-state index contributed by atoms with van der Waals surface area (Å²) in [4.78, 5) is 14.7. The van der Waals surface area contributed by atoms with Gasteiger partial charge in [-0.15, -0.1) is 0 Å². The van der Waals surface area contributed by atoms with Gasteiger partial charge in [-0.3, -0.25) is 14.8 Å². The lowest BCUT2D eigenvalue weighted by Gasteiger charge is -2.14. The van der Waals surface area contributed by atoms with Gasteiger partial charge in [0.2, 0.25) is 0 Å². The number of hydrogen-bond donors (Lipinski definition) is 1. The highest BCUT2D eigenvalue weighted by molar-refractivity contribution is 5.95. The average Bonchev–Trinajstić information content (AvgIpc) is 2.15. The molecule has 1 aromatic rings. The topological polar surface area (TPSA) is 59.2 Å². The molecule has 7 heteroatoms. The third-order valence-electron chi connectivity index (χ3n) is 1.68. The highest BCUT2D eigenvalue weighted by Crippen LogP contribution is 2.31. The van der Waals surface area contributed by atoms with Crippen LogP contribution in [-0.2, 0) is 6.18 Å². The number of rotatable bonds is 1. The first-order valence-electron chi connectivity index (χ1n) is 3.88. The monoisotopic (exact) mass is 219 g/mol. The number of hydrogen-bond acceptors (Lipinski definition) is 3. The molecule has 0 aliphatic carbocycles. The Morgan fingerprint density at radius 2 is 2.13 bits per heavy atom. The van der Waals surface area contributed by atoms with Gasteiger partial charge < -0.3 is 0 Å². The SMILES string of the molecule is CN(N)C(=O)c1cnccc1C(F)(F)F. The van der Waals surface area contributed by atoms with Crippen molar-refractivity contribution in [3.63, 3.8) is 0 Å². The summed E-state index contributed by atoms with van der Waals surface area (Å²) in [6.45, 7) is 0. The molecule has 0 saturated heterocycles. The van der Waals surface area contributed by atoms with E-state index in [-0.39, 0.29) is 0 Å². The molecule has 4 nitrogen and oxygen atoms in total. The van der Waals surface area contributed by atoms with Crippen molar-refractivity contribution < 1.29 is 18.0 Å². The van der Waals surface area contributed by atoms with Crippen LogP contribution in [0.4, 0.5) is 13.2 Å². The highest BCUT2D eigenvalue weighted by Gasteiger charge is 2.35. The van der Waals surface area contributed by atoms with Crippen LogP contribution < -0.4 is 5.84 Å². The zero-order valence-electron chi connectivity index (χ0n) is 7.75. The minimum absolute atomic E-state index is 0.560. The summed E-state index contributed by atoms with van der Waals surface area (Å²) >= 11 is 0. The Balaban J connectivity index is 3.25. The highest BCUT2D eigenvalue weighted by atomic mass is 19.4. The summed E-state index contributed by atoms with van der Waals surface area (Å²) in [5, 5.41) is 0.576. The summed E-state index contributed by atoms with van der Waals surface area (Å²) in [5.41, 5.74) is -1.60. The molecule has 0 unspecified atom stereocenters. The number of hydrazine groups is 1. The number of halogens is 3. The van der Waals surface area contributed by atoms with Gasteiger partial charge in [0.05, 0.1) is 11.1 Å². The van der Waals surface area contributed by atoms with Gasteiger partial charge in [0, 0.05) is 19.4 Å². The molecule has 15 heavy (non-hydrogen) atoms. The van der Waals surface area contributed by atoms with Crippen LogP contribution in [-0.4, -0.2) is 22.9 Å². The molecule has 0 atom stereocenters. The summed E-state index contributed by atoms with van der Waals surface area (Å²) in [5.74, 6) is 4.13. The van der Waals surface area contributed by atoms with E-state index in [4.69, 9.17) is 5.84 Å². The van der Waals surface area contributed by atoms with Crippen LogP contribution in [0.2, 0.25) is 0 Å². The fourth-order valence-electron chi connectivity index (χ4n) is 1.00. The van der Waals surface area contributed by atoms with Crippen LogP contribution >= 0.6 is 0 Å². The summed E-state index contributed by atoms with van der Waals surface area (Å²) < 4.78 is 37.3. The molecule has 0 aliphatic rings. The maximum absolute atomic E-state index is 12.4. The van der Waals surface area contributed by atoms with Crippen LogP contribution in [0.1, 0.15) is 15.9 Å². The molecular weight excluding hydrogens is 211 g/mol. The number of pyridine rings is 1. The largest absolute Gasteiger partial charge is 0.417 e. The maximum atomic E-state index is 12.4. The molecule has 82 valence electrons. The molecule has 0 fully saturated rings. The Kier molecular flexibility index (Phi) is 2.94. The van der Waals surface area contributed by atoms with E-state index in [9.17, 15) is 18.0 Å². The van der Waals surface area contributed by atoms with Crippen LogP contribution in [0.15, 0.2) is 18.5 Å². The zero-order valence-corrected chi connectivity index (χ0v) is 7.75. The standard InChI is InChI=1S/C8H8F3N3O/c1-14(12)7(15)5-4-13-3-2-6(5)8(9,10)11/h2-4H,12H2,1H3. The van der Waals surface area contributed by atoms with Gasteiger partial charge >= 0.3 is 6.18 Å². The van der Waals surface area contributed by atoms with E-state index >= 15 is 0 Å². The van der Waals surface area contributed by atoms with Crippen molar-refractivity contribution in [1.82, 2.24) is 9.99 Å². The van der Waals surface area contributed by atoms with Gasteiger partial charge in [-0.25, -0.2) is 5.84 Å². The number of nitrogens with zero attached hydrogens (tertiary/aromatic N) is 2. The number of aromatic nitrogens is 1. The minimum Gasteiger partial charge on any atom is -0.280 e. The number of carbonyl (C=O) groups excluding carboxylic acids is 1. The van der Waals surface area contributed by atoms with Gasteiger partial charge in [0.1, 0.15) is 0 Å². The smallest absolute Gasteiger partial charge is 0.280 e. The molecular formula is C8H8F3N3O. The first-order chi connectivity index (χ1) is 6.84. The summed E-state index contributed by atoms with van der Waals surface area (Å²) in [7, 11) is 1.16. The van der Waals surface area contributed by atoms with Crippen LogP contribution in [0, 0.1) is 0 Å². The van der Waals surface area contributed by atoms with Gasteiger partial charge in [0.25, 0.3) is 5.91 Å². The van der Waals surface area contributed by atoms with Crippen molar-refractivity contribution in [1.29, 1.82) is 0 Å². The Labute approximate surface area is 83.5 Å². The average molecular weight is 219 g/mol. The molecule has 0 spiro atoms. The zero-order chi connectivity index (χ0) is 11.6. The van der Waals surface area contributed by atoms with E-state index in [1.807, 2.05) is 0 Å². The number of amides is 1. The maximum Gasteiger partial charge on any atom is 0.417 e. The fourth-order valence-corrected chi connectivity index (χ4v) is 1.00. The molecule has 1 aromatic heterocycles. The van der Waals surface area contributed by atoms with Gasteiger partial charge in [-0.05, 0) is 6.07 Å². The first kappa shape index (κ1) is 11.4. The number of carbonyl (C=O) groups is 1. The van der Waals surface area contributed by atoms with E-state index in [2.05, 4.69) is 4.98 Å². The van der Waals surface area contributed by atoms with Crippen molar-refractivity contribution in [3.05, 3.63) is 29.6 Å². The molecule has 0 bridgehead atoms. The van der Waals surface area contributed by atoms with Crippen molar-refractivity contribution >= 4 is 5.91 Å². The quantitative estimate of drug-likeness (QED) is 0.436. The molecule has 1 heterocycles. The van der Waals surface area contributed by atoms with E-state index in [1.165, 1.54) is 0 Å². The van der Waals surface area contributed by atoms with Crippen molar-refractivity contribution in [2.75, 3.05) is 7.05 Å². The predicted molar refractivity (Wildman–Crippen MR) is 45.5 cm³/mol. The van der Waals surface area contributed by atoms with Crippen LogP contribution in [0.3, 0.4) is 0 Å². The fraction of sp³-hybridized carbons (Fsp3) is 0.250. The molecule has 2 N–H and O–H groups in total. The second kappa shape index (κ2) is 3.85. The third-order valence-corrected chi connectivity index (χ3v) is 1.68. The minimum atomic E-state index is -4.59. The second-order valence-electron chi connectivity index (χ2n) is 2.84. The third kappa shape index (κ3) is 2.44. The van der Waals surface area contributed by atoms with Crippen molar-refractivity contribution in [2.45, 2.75) is 6.18 Å². The Morgan fingerprint density at radius 1 is 1.53 bits per heavy atom. The molecule has 0 saturated carbocycles. The van der Waals surface area contributed by atoms with E-state index in [1.54, 1.807) is 0 Å². The first-order valence-corrected chi connectivity index (χ1v) is 3.88. The molecule has 0 radical (unpaired) electrons. The number of nitrogens with two attached hydrogens (primary N) is 1. The lowest BCUT2D eigenvalue weighted by atomic mass is 10.1. The van der Waals surface area contributed by atoms with Crippen molar-refractivity contribution in [2.24, 2.45) is 5.84 Å². The summed E-state index contributed by atoms with van der Waals surface area (Å²) in [6.07, 6.45) is -2.78. The molecule has 1 amide bonds. The molecule has 1 rings (SSSR count). The summed E-state index contributed by atoms with van der Waals surface area (Å²) in [6, 6.07) is 0.733. The van der Waals surface area contributed by atoms with Crippen LogP contribution in [0.25, 0.3) is 0 Å². The predicted octanol–water partition coefficient (Wildman–Crippen LogP) is 1.05. The Morgan fingerprint density at radius 3 is 2.60 bits per heavy atom. The molecule has 0 aliphatic heterocycles. The van der Waals surface area contributed by atoms with Gasteiger partial charge in [-0.2, -0.15) is 13.2 Å². The van der Waals surface area contributed by atoms with E-state index in [0.717, 1.165) is 25.5 Å².